The van der Waals surface area contributed by atoms with Crippen LogP contribution in [-0.2, 0) is 11.3 Å². The molecule has 156 valence electrons. The van der Waals surface area contributed by atoms with E-state index in [1.54, 1.807) is 36.4 Å². The number of halogens is 1. The molecule has 3 aromatic rings. The number of amides is 1. The van der Waals surface area contributed by atoms with Crippen molar-refractivity contribution in [2.75, 3.05) is 21.3 Å². The molecular weight excluding hydrogens is 408 g/mol. The van der Waals surface area contributed by atoms with E-state index in [0.29, 0.717) is 33.7 Å². The Morgan fingerprint density at radius 1 is 1.07 bits per heavy atom. The van der Waals surface area contributed by atoms with E-state index in [1.165, 1.54) is 27.4 Å². The summed E-state index contributed by atoms with van der Waals surface area (Å²) in [5.74, 6) is 1.83. The summed E-state index contributed by atoms with van der Waals surface area (Å²) in [5, 5.41) is 7.39. The second-order valence-electron chi connectivity index (χ2n) is 6.20. The summed E-state index contributed by atoms with van der Waals surface area (Å²) < 4.78 is 21.2. The maximum atomic E-state index is 12.2. The van der Waals surface area contributed by atoms with Crippen LogP contribution in [0.15, 0.2) is 53.1 Å². The van der Waals surface area contributed by atoms with Crippen LogP contribution in [0.25, 0.3) is 17.4 Å². The maximum absolute atomic E-state index is 12.2. The predicted octanol–water partition coefficient (Wildman–Crippen LogP) is 4.35. The number of carbonyl (C=O) groups excluding carboxylic acids is 1. The molecule has 2 aromatic carbocycles. The van der Waals surface area contributed by atoms with Gasteiger partial charge in [0.05, 0.1) is 27.9 Å². The van der Waals surface area contributed by atoms with Crippen molar-refractivity contribution in [2.24, 2.45) is 0 Å². The summed E-state index contributed by atoms with van der Waals surface area (Å²) in [6.45, 7) is 0.232. The number of hydrogen-bond donors (Lipinski definition) is 1. The van der Waals surface area contributed by atoms with Crippen molar-refractivity contribution in [3.05, 3.63) is 64.8 Å². The van der Waals surface area contributed by atoms with Gasteiger partial charge in [-0.3, -0.25) is 4.79 Å². The fourth-order valence-electron chi connectivity index (χ4n) is 2.75. The summed E-state index contributed by atoms with van der Waals surface area (Å²) >= 11 is 5.89. The van der Waals surface area contributed by atoms with Gasteiger partial charge in [-0.2, -0.15) is 0 Å². The van der Waals surface area contributed by atoms with Gasteiger partial charge in [0.25, 0.3) is 0 Å². The summed E-state index contributed by atoms with van der Waals surface area (Å²) in [4.78, 5) is 12.2. The van der Waals surface area contributed by atoms with Gasteiger partial charge in [0.15, 0.2) is 17.3 Å². The molecule has 0 radical (unpaired) electrons. The first-order valence-corrected chi connectivity index (χ1v) is 9.39. The molecular formula is C22H21ClN2O5. The fraction of sp³-hybridized carbons (Fsp3) is 0.182. The molecule has 0 fully saturated rings. The Bertz CT molecular complexity index is 1020. The Morgan fingerprint density at radius 2 is 1.73 bits per heavy atom. The van der Waals surface area contributed by atoms with Gasteiger partial charge in [-0.1, -0.05) is 16.8 Å². The zero-order valence-corrected chi connectivity index (χ0v) is 17.5. The average molecular weight is 429 g/mol. The van der Waals surface area contributed by atoms with Crippen molar-refractivity contribution in [1.82, 2.24) is 10.5 Å². The SMILES string of the molecule is COc1cc(C=CC(=O)NCc2cc(-c3ccc(Cl)cc3)on2)cc(OC)c1OC. The summed E-state index contributed by atoms with van der Waals surface area (Å²) in [7, 11) is 4.60. The molecule has 7 nitrogen and oxygen atoms in total. The Labute approximate surface area is 179 Å². The average Bonchev–Trinajstić information content (AvgIpc) is 3.24. The van der Waals surface area contributed by atoms with Crippen molar-refractivity contribution in [3.8, 4) is 28.6 Å². The van der Waals surface area contributed by atoms with E-state index in [-0.39, 0.29) is 12.5 Å². The van der Waals surface area contributed by atoms with E-state index in [2.05, 4.69) is 10.5 Å². The van der Waals surface area contributed by atoms with E-state index in [4.69, 9.17) is 30.3 Å². The van der Waals surface area contributed by atoms with Crippen molar-refractivity contribution in [3.63, 3.8) is 0 Å². The van der Waals surface area contributed by atoms with Crippen LogP contribution in [0, 0.1) is 0 Å². The van der Waals surface area contributed by atoms with Crippen LogP contribution >= 0.6 is 11.6 Å². The number of methoxy groups -OCH3 is 3. The van der Waals surface area contributed by atoms with Gasteiger partial charge in [0.1, 0.15) is 5.69 Å². The molecule has 0 bridgehead atoms. The van der Waals surface area contributed by atoms with Crippen molar-refractivity contribution >= 4 is 23.6 Å². The number of rotatable bonds is 8. The zero-order valence-electron chi connectivity index (χ0n) is 16.8. The third-order valence-electron chi connectivity index (χ3n) is 4.25. The number of nitrogens with zero attached hydrogens (tertiary/aromatic N) is 1. The van der Waals surface area contributed by atoms with Gasteiger partial charge in [0, 0.05) is 22.7 Å². The number of ether oxygens (including phenoxy) is 3. The van der Waals surface area contributed by atoms with E-state index >= 15 is 0 Å². The first-order valence-electron chi connectivity index (χ1n) is 9.01. The fourth-order valence-corrected chi connectivity index (χ4v) is 2.88. The summed E-state index contributed by atoms with van der Waals surface area (Å²) in [6.07, 6.45) is 3.07. The van der Waals surface area contributed by atoms with E-state index in [0.717, 1.165) is 11.1 Å². The highest BCUT2D eigenvalue weighted by Crippen LogP contribution is 2.38. The third kappa shape index (κ3) is 5.12. The molecule has 0 atom stereocenters. The standard InChI is InChI=1S/C22H21ClN2O5/c1-27-19-10-14(11-20(28-2)22(19)29-3)4-9-21(26)24-13-17-12-18(30-25-17)15-5-7-16(23)8-6-15/h4-12H,13H2,1-3H3,(H,24,26). The Hall–Kier alpha value is -3.45. The predicted molar refractivity (Wildman–Crippen MR) is 114 cm³/mol. The number of carbonyl (C=O) groups is 1. The van der Waals surface area contributed by atoms with Gasteiger partial charge < -0.3 is 24.1 Å². The molecule has 0 aliphatic rings. The molecule has 0 spiro atoms. The van der Waals surface area contributed by atoms with Gasteiger partial charge in [-0.15, -0.1) is 0 Å². The Kier molecular flexibility index (Phi) is 6.98. The second kappa shape index (κ2) is 9.84. The minimum Gasteiger partial charge on any atom is -0.493 e. The largest absolute Gasteiger partial charge is 0.493 e. The zero-order chi connectivity index (χ0) is 21.5. The van der Waals surface area contributed by atoms with Crippen molar-refractivity contribution in [1.29, 1.82) is 0 Å². The smallest absolute Gasteiger partial charge is 0.244 e. The van der Waals surface area contributed by atoms with Crippen LogP contribution in [-0.4, -0.2) is 32.4 Å². The minimum atomic E-state index is -0.278. The molecule has 0 aliphatic carbocycles. The highest BCUT2D eigenvalue weighted by molar-refractivity contribution is 6.30. The van der Waals surface area contributed by atoms with E-state index in [1.807, 2.05) is 12.1 Å². The molecule has 1 N–H and O–H groups in total. The normalized spacial score (nSPS) is 10.8. The number of benzene rings is 2. The quantitative estimate of drug-likeness (QED) is 0.537. The third-order valence-corrected chi connectivity index (χ3v) is 4.50. The lowest BCUT2D eigenvalue weighted by Gasteiger charge is -2.12. The summed E-state index contributed by atoms with van der Waals surface area (Å²) in [6, 6.07) is 12.5. The topological polar surface area (TPSA) is 82.8 Å². The van der Waals surface area contributed by atoms with Crippen LogP contribution in [0.2, 0.25) is 5.02 Å². The Balaban J connectivity index is 1.62. The van der Waals surface area contributed by atoms with Crippen LogP contribution < -0.4 is 19.5 Å². The lowest BCUT2D eigenvalue weighted by molar-refractivity contribution is -0.116. The number of hydrogen-bond acceptors (Lipinski definition) is 6. The monoisotopic (exact) mass is 428 g/mol. The van der Waals surface area contributed by atoms with Crippen molar-refractivity contribution in [2.45, 2.75) is 6.54 Å². The molecule has 0 aliphatic heterocycles. The number of nitrogens with one attached hydrogen (secondary N) is 1. The van der Waals surface area contributed by atoms with E-state index < -0.39 is 0 Å². The molecule has 0 saturated carbocycles. The second-order valence-corrected chi connectivity index (χ2v) is 6.64. The first kappa shape index (κ1) is 21.3. The van der Waals surface area contributed by atoms with Crippen LogP contribution in [0.4, 0.5) is 0 Å². The molecule has 30 heavy (non-hydrogen) atoms. The maximum Gasteiger partial charge on any atom is 0.244 e. The van der Waals surface area contributed by atoms with Crippen LogP contribution in [0.1, 0.15) is 11.3 Å². The van der Waals surface area contributed by atoms with Crippen LogP contribution in [0.3, 0.4) is 0 Å². The molecule has 1 heterocycles. The molecule has 1 amide bonds. The minimum absolute atomic E-state index is 0.232. The van der Waals surface area contributed by atoms with Gasteiger partial charge in [0.2, 0.25) is 11.7 Å². The molecule has 8 heteroatoms. The Morgan fingerprint density at radius 3 is 2.33 bits per heavy atom. The highest BCUT2D eigenvalue weighted by atomic mass is 35.5. The molecule has 0 saturated heterocycles. The lowest BCUT2D eigenvalue weighted by atomic mass is 10.1. The van der Waals surface area contributed by atoms with Crippen LogP contribution in [0.5, 0.6) is 17.2 Å². The first-order chi connectivity index (χ1) is 14.5. The molecule has 1 aromatic heterocycles. The van der Waals surface area contributed by atoms with E-state index in [9.17, 15) is 4.79 Å². The number of aromatic nitrogens is 1. The van der Waals surface area contributed by atoms with Crippen molar-refractivity contribution < 1.29 is 23.5 Å². The van der Waals surface area contributed by atoms with Gasteiger partial charge >= 0.3 is 0 Å². The molecule has 3 rings (SSSR count). The van der Waals surface area contributed by atoms with Gasteiger partial charge in [-0.25, -0.2) is 0 Å². The highest BCUT2D eigenvalue weighted by Gasteiger charge is 2.12. The summed E-state index contributed by atoms with van der Waals surface area (Å²) in [5.41, 5.74) is 2.19. The van der Waals surface area contributed by atoms with Gasteiger partial charge in [-0.05, 0) is 48.0 Å². The molecule has 0 unspecified atom stereocenters. The lowest BCUT2D eigenvalue weighted by Crippen LogP contribution is -2.20.